The minimum absolute atomic E-state index is 0.0172. The number of carbonyl (C=O) groups is 1. The van der Waals surface area contributed by atoms with Crippen molar-refractivity contribution in [1.82, 2.24) is 4.90 Å². The quantitative estimate of drug-likeness (QED) is 0.833. The highest BCUT2D eigenvalue weighted by molar-refractivity contribution is 5.98. The highest BCUT2D eigenvalue weighted by atomic mass is 16.5. The van der Waals surface area contributed by atoms with Crippen molar-refractivity contribution in [3.05, 3.63) is 23.8 Å². The van der Waals surface area contributed by atoms with Crippen molar-refractivity contribution >= 4 is 11.6 Å². The lowest BCUT2D eigenvalue weighted by Gasteiger charge is -2.36. The van der Waals surface area contributed by atoms with Crippen molar-refractivity contribution in [3.8, 4) is 5.75 Å². The monoisotopic (exact) mass is 262 g/mol. The number of piperidine rings is 1. The molecule has 2 rings (SSSR count). The van der Waals surface area contributed by atoms with Gasteiger partial charge in [0.15, 0.2) is 5.75 Å². The van der Waals surface area contributed by atoms with Crippen LogP contribution in [0.2, 0.25) is 0 Å². The largest absolute Gasteiger partial charge is 0.494 e. The van der Waals surface area contributed by atoms with Gasteiger partial charge in [-0.05, 0) is 37.8 Å². The number of anilines is 1. The molecule has 2 unspecified atom stereocenters. The van der Waals surface area contributed by atoms with Crippen molar-refractivity contribution < 1.29 is 9.53 Å². The van der Waals surface area contributed by atoms with Crippen LogP contribution in [0.25, 0.3) is 0 Å². The number of nitrogens with zero attached hydrogens (tertiary/aromatic N) is 1. The highest BCUT2D eigenvalue weighted by Crippen LogP contribution is 2.30. The Hall–Kier alpha value is -1.71. The van der Waals surface area contributed by atoms with E-state index in [2.05, 4.69) is 13.8 Å². The molecule has 19 heavy (non-hydrogen) atoms. The number of nitrogens with two attached hydrogens (primary N) is 1. The Balaban J connectivity index is 2.27. The summed E-state index contributed by atoms with van der Waals surface area (Å²) in [6, 6.07) is 5.59. The van der Waals surface area contributed by atoms with Gasteiger partial charge in [0.25, 0.3) is 5.91 Å². The number of amides is 1. The minimum atomic E-state index is 0.0172. The van der Waals surface area contributed by atoms with E-state index in [1.807, 2.05) is 4.90 Å². The molecule has 1 saturated heterocycles. The Labute approximate surface area is 114 Å². The summed E-state index contributed by atoms with van der Waals surface area (Å²) in [4.78, 5) is 14.6. The van der Waals surface area contributed by atoms with Gasteiger partial charge in [-0.1, -0.05) is 13.0 Å². The Morgan fingerprint density at radius 1 is 1.42 bits per heavy atom. The molecule has 4 heteroatoms. The van der Waals surface area contributed by atoms with Crippen LogP contribution < -0.4 is 10.5 Å². The Bertz CT molecular complexity index is 473. The summed E-state index contributed by atoms with van der Waals surface area (Å²) < 4.78 is 5.27. The molecule has 1 aromatic carbocycles. The fourth-order valence-corrected chi connectivity index (χ4v) is 2.81. The molecule has 0 radical (unpaired) electrons. The third kappa shape index (κ3) is 2.67. The number of para-hydroxylation sites is 1. The van der Waals surface area contributed by atoms with Gasteiger partial charge in [-0.25, -0.2) is 0 Å². The lowest BCUT2D eigenvalue weighted by Crippen LogP contribution is -2.44. The molecule has 1 heterocycles. The van der Waals surface area contributed by atoms with Gasteiger partial charge < -0.3 is 15.4 Å². The van der Waals surface area contributed by atoms with E-state index in [0.29, 0.717) is 22.9 Å². The molecule has 104 valence electrons. The lowest BCUT2D eigenvalue weighted by atomic mass is 9.92. The normalized spacial score (nSPS) is 23.2. The Morgan fingerprint density at radius 2 is 2.16 bits per heavy atom. The third-order valence-electron chi connectivity index (χ3n) is 3.88. The standard InChI is InChI=1S/C15H22N2O2/c1-10-7-8-17(11(2)9-10)15(18)12-5-4-6-13(16)14(12)19-3/h4-6,10-11H,7-9,16H2,1-3H3. The van der Waals surface area contributed by atoms with E-state index in [0.717, 1.165) is 19.4 Å². The number of hydrogen-bond acceptors (Lipinski definition) is 3. The predicted molar refractivity (Wildman–Crippen MR) is 76.3 cm³/mol. The summed E-state index contributed by atoms with van der Waals surface area (Å²) in [5, 5.41) is 0. The maximum Gasteiger partial charge on any atom is 0.257 e. The van der Waals surface area contributed by atoms with Gasteiger partial charge in [-0.15, -0.1) is 0 Å². The fourth-order valence-electron chi connectivity index (χ4n) is 2.81. The molecule has 1 amide bonds. The van der Waals surface area contributed by atoms with Crippen LogP contribution in [0.15, 0.2) is 18.2 Å². The zero-order valence-electron chi connectivity index (χ0n) is 11.8. The maximum absolute atomic E-state index is 12.6. The van der Waals surface area contributed by atoms with E-state index in [1.165, 1.54) is 0 Å². The van der Waals surface area contributed by atoms with Crippen LogP contribution in [0.3, 0.4) is 0 Å². The summed E-state index contributed by atoms with van der Waals surface area (Å²) in [5.41, 5.74) is 6.93. The summed E-state index contributed by atoms with van der Waals surface area (Å²) in [6.45, 7) is 5.14. The number of nitrogen functional groups attached to an aromatic ring is 1. The van der Waals surface area contributed by atoms with Crippen molar-refractivity contribution in [1.29, 1.82) is 0 Å². The zero-order valence-corrected chi connectivity index (χ0v) is 11.8. The molecular weight excluding hydrogens is 240 g/mol. The first-order valence-electron chi connectivity index (χ1n) is 6.78. The van der Waals surface area contributed by atoms with E-state index >= 15 is 0 Å². The minimum Gasteiger partial charge on any atom is -0.494 e. The highest BCUT2D eigenvalue weighted by Gasteiger charge is 2.29. The first kappa shape index (κ1) is 13.7. The second kappa shape index (κ2) is 5.51. The Kier molecular flexibility index (Phi) is 3.98. The van der Waals surface area contributed by atoms with Crippen molar-refractivity contribution in [2.45, 2.75) is 32.7 Å². The van der Waals surface area contributed by atoms with Gasteiger partial charge in [-0.2, -0.15) is 0 Å². The number of carbonyl (C=O) groups excluding carboxylic acids is 1. The van der Waals surface area contributed by atoms with Gasteiger partial charge in [0, 0.05) is 12.6 Å². The Morgan fingerprint density at radius 3 is 2.79 bits per heavy atom. The van der Waals surface area contributed by atoms with Crippen LogP contribution in [0.5, 0.6) is 5.75 Å². The summed E-state index contributed by atoms with van der Waals surface area (Å²) in [7, 11) is 1.55. The van der Waals surface area contributed by atoms with Crippen LogP contribution in [0.1, 0.15) is 37.0 Å². The van der Waals surface area contributed by atoms with Gasteiger partial charge in [0.05, 0.1) is 18.4 Å². The maximum atomic E-state index is 12.6. The molecule has 1 fully saturated rings. The molecule has 0 bridgehead atoms. The van der Waals surface area contributed by atoms with Gasteiger partial charge in [-0.3, -0.25) is 4.79 Å². The van der Waals surface area contributed by atoms with Crippen LogP contribution >= 0.6 is 0 Å². The smallest absolute Gasteiger partial charge is 0.257 e. The number of hydrogen-bond donors (Lipinski definition) is 1. The first-order chi connectivity index (χ1) is 9.04. The second-order valence-electron chi connectivity index (χ2n) is 5.41. The topological polar surface area (TPSA) is 55.6 Å². The van der Waals surface area contributed by atoms with E-state index in [4.69, 9.17) is 10.5 Å². The molecule has 0 spiro atoms. The van der Waals surface area contributed by atoms with Crippen LogP contribution in [0, 0.1) is 5.92 Å². The third-order valence-corrected chi connectivity index (χ3v) is 3.88. The average molecular weight is 262 g/mol. The van der Waals surface area contributed by atoms with Crippen molar-refractivity contribution in [3.63, 3.8) is 0 Å². The van der Waals surface area contributed by atoms with Crippen molar-refractivity contribution in [2.75, 3.05) is 19.4 Å². The number of rotatable bonds is 2. The number of ether oxygens (including phenoxy) is 1. The predicted octanol–water partition coefficient (Wildman–Crippen LogP) is 2.54. The zero-order chi connectivity index (χ0) is 14.0. The van der Waals surface area contributed by atoms with Crippen LogP contribution in [0.4, 0.5) is 5.69 Å². The van der Waals surface area contributed by atoms with E-state index < -0.39 is 0 Å². The molecule has 0 aliphatic carbocycles. The molecule has 1 aliphatic heterocycles. The van der Waals surface area contributed by atoms with Crippen molar-refractivity contribution in [2.24, 2.45) is 5.92 Å². The average Bonchev–Trinajstić information content (AvgIpc) is 2.37. The second-order valence-corrected chi connectivity index (χ2v) is 5.41. The molecule has 2 N–H and O–H groups in total. The first-order valence-corrected chi connectivity index (χ1v) is 6.78. The summed E-state index contributed by atoms with van der Waals surface area (Å²) in [6.07, 6.45) is 2.11. The molecule has 0 saturated carbocycles. The number of likely N-dealkylation sites (tertiary alicyclic amines) is 1. The van der Waals surface area contributed by atoms with E-state index in [1.54, 1.807) is 25.3 Å². The van der Waals surface area contributed by atoms with Gasteiger partial charge >= 0.3 is 0 Å². The fraction of sp³-hybridized carbons (Fsp3) is 0.533. The van der Waals surface area contributed by atoms with E-state index in [9.17, 15) is 4.79 Å². The SMILES string of the molecule is COc1c(N)cccc1C(=O)N1CCC(C)CC1C. The summed E-state index contributed by atoms with van der Waals surface area (Å²) >= 11 is 0. The van der Waals surface area contributed by atoms with Gasteiger partial charge in [0.1, 0.15) is 0 Å². The molecule has 1 aromatic rings. The number of methoxy groups -OCH3 is 1. The summed E-state index contributed by atoms with van der Waals surface area (Å²) in [5.74, 6) is 1.18. The lowest BCUT2D eigenvalue weighted by molar-refractivity contribution is 0.0585. The molecule has 0 aromatic heterocycles. The van der Waals surface area contributed by atoms with Crippen LogP contribution in [-0.2, 0) is 0 Å². The number of benzene rings is 1. The van der Waals surface area contributed by atoms with E-state index in [-0.39, 0.29) is 11.9 Å². The van der Waals surface area contributed by atoms with Gasteiger partial charge in [0.2, 0.25) is 0 Å². The molecular formula is C15H22N2O2. The molecule has 2 atom stereocenters. The van der Waals surface area contributed by atoms with Crippen LogP contribution in [-0.4, -0.2) is 30.5 Å². The molecule has 1 aliphatic rings. The molecule has 4 nitrogen and oxygen atoms in total.